The van der Waals surface area contributed by atoms with Gasteiger partial charge in [0, 0.05) is 16.7 Å². The maximum atomic E-state index is 12.8. The zero-order chi connectivity index (χ0) is 14.9. The second-order valence-corrected chi connectivity index (χ2v) is 7.89. The zero-order valence-electron chi connectivity index (χ0n) is 11.3. The van der Waals surface area contributed by atoms with Crippen LogP contribution in [0.25, 0.3) is 0 Å². The first kappa shape index (κ1) is 15.4. The van der Waals surface area contributed by atoms with Crippen LogP contribution in [0, 0.1) is 25.2 Å². The SMILES string of the molecule is C#CCN(CC1CC1)S(=O)(=O)c1cc(Br)cc(N)c1C. The van der Waals surface area contributed by atoms with Crippen LogP contribution in [0.5, 0.6) is 0 Å². The predicted molar refractivity (Wildman–Crippen MR) is 83.6 cm³/mol. The fourth-order valence-electron chi connectivity index (χ4n) is 2.02. The van der Waals surface area contributed by atoms with Gasteiger partial charge in [0.25, 0.3) is 0 Å². The molecule has 0 unspecified atom stereocenters. The Hall–Kier alpha value is -1.03. The van der Waals surface area contributed by atoms with Crippen LogP contribution in [0.4, 0.5) is 5.69 Å². The van der Waals surface area contributed by atoms with Gasteiger partial charge in [-0.1, -0.05) is 21.9 Å². The number of nitrogens with two attached hydrogens (primary N) is 1. The number of sulfonamides is 1. The molecule has 1 aliphatic rings. The van der Waals surface area contributed by atoms with Gasteiger partial charge in [0.15, 0.2) is 0 Å². The molecule has 1 fully saturated rings. The average molecular weight is 357 g/mol. The molecule has 1 aromatic carbocycles. The van der Waals surface area contributed by atoms with E-state index >= 15 is 0 Å². The highest BCUT2D eigenvalue weighted by Gasteiger charge is 2.32. The van der Waals surface area contributed by atoms with E-state index in [0.29, 0.717) is 28.2 Å². The van der Waals surface area contributed by atoms with Crippen LogP contribution in [0.3, 0.4) is 0 Å². The Kier molecular flexibility index (Phi) is 4.43. The first-order valence-corrected chi connectivity index (χ1v) is 8.58. The van der Waals surface area contributed by atoms with E-state index in [4.69, 9.17) is 12.2 Å². The normalized spacial score (nSPS) is 15.3. The lowest BCUT2D eigenvalue weighted by Gasteiger charge is -2.21. The van der Waals surface area contributed by atoms with Gasteiger partial charge in [0.2, 0.25) is 10.0 Å². The lowest BCUT2D eigenvalue weighted by atomic mass is 10.2. The second-order valence-electron chi connectivity index (χ2n) is 5.06. The van der Waals surface area contributed by atoms with Crippen molar-refractivity contribution in [3.05, 3.63) is 22.2 Å². The minimum atomic E-state index is -3.61. The van der Waals surface area contributed by atoms with E-state index in [2.05, 4.69) is 21.9 Å². The molecule has 2 rings (SSSR count). The summed E-state index contributed by atoms with van der Waals surface area (Å²) in [6.07, 6.45) is 7.44. The summed E-state index contributed by atoms with van der Waals surface area (Å²) in [5.41, 5.74) is 6.86. The Morgan fingerprint density at radius 3 is 2.70 bits per heavy atom. The lowest BCUT2D eigenvalue weighted by Crippen LogP contribution is -2.34. The molecule has 108 valence electrons. The number of benzene rings is 1. The number of hydrogen-bond acceptors (Lipinski definition) is 3. The van der Waals surface area contributed by atoms with Gasteiger partial charge in [-0.05, 0) is 43.4 Å². The molecule has 1 saturated carbocycles. The molecule has 0 amide bonds. The Labute approximate surface area is 128 Å². The van der Waals surface area contributed by atoms with E-state index in [0.717, 1.165) is 12.8 Å². The van der Waals surface area contributed by atoms with Gasteiger partial charge in [-0.15, -0.1) is 6.42 Å². The van der Waals surface area contributed by atoms with Gasteiger partial charge in [0.1, 0.15) is 0 Å². The second kappa shape index (κ2) is 5.76. The van der Waals surface area contributed by atoms with Crippen LogP contribution in [-0.2, 0) is 10.0 Å². The average Bonchev–Trinajstić information content (AvgIpc) is 3.17. The molecule has 0 heterocycles. The number of nitrogens with zero attached hydrogens (tertiary/aromatic N) is 1. The van der Waals surface area contributed by atoms with Crippen molar-refractivity contribution in [1.29, 1.82) is 0 Å². The van der Waals surface area contributed by atoms with E-state index < -0.39 is 10.0 Å². The topological polar surface area (TPSA) is 63.4 Å². The van der Waals surface area contributed by atoms with E-state index in [1.807, 2.05) is 0 Å². The van der Waals surface area contributed by atoms with Crippen molar-refractivity contribution in [2.45, 2.75) is 24.7 Å². The molecule has 0 radical (unpaired) electrons. The summed E-state index contributed by atoms with van der Waals surface area (Å²) >= 11 is 3.29. The van der Waals surface area contributed by atoms with Crippen LogP contribution in [0.15, 0.2) is 21.5 Å². The Bertz CT molecular complexity index is 660. The molecule has 0 aliphatic heterocycles. The van der Waals surface area contributed by atoms with Crippen LogP contribution in [-0.4, -0.2) is 25.8 Å². The molecule has 0 aromatic heterocycles. The predicted octanol–water partition coefficient (Wildman–Crippen LogP) is 2.37. The fourth-order valence-corrected chi connectivity index (χ4v) is 4.36. The van der Waals surface area contributed by atoms with Crippen LogP contribution in [0.2, 0.25) is 0 Å². The maximum Gasteiger partial charge on any atom is 0.244 e. The first-order chi connectivity index (χ1) is 9.36. The van der Waals surface area contributed by atoms with E-state index in [9.17, 15) is 8.42 Å². The first-order valence-electron chi connectivity index (χ1n) is 6.35. The van der Waals surface area contributed by atoms with Crippen LogP contribution < -0.4 is 5.73 Å². The molecular formula is C14H17BrN2O2S. The quantitative estimate of drug-likeness (QED) is 0.650. The van der Waals surface area contributed by atoms with Gasteiger partial charge in [0.05, 0.1) is 11.4 Å². The van der Waals surface area contributed by atoms with Crippen molar-refractivity contribution in [3.8, 4) is 12.3 Å². The minimum Gasteiger partial charge on any atom is -0.398 e. The van der Waals surface area contributed by atoms with Crippen molar-refractivity contribution < 1.29 is 8.42 Å². The van der Waals surface area contributed by atoms with E-state index in [1.54, 1.807) is 19.1 Å². The number of anilines is 1. The van der Waals surface area contributed by atoms with Crippen LogP contribution >= 0.6 is 15.9 Å². The van der Waals surface area contributed by atoms with Crippen molar-refractivity contribution >= 4 is 31.6 Å². The summed E-state index contributed by atoms with van der Waals surface area (Å²) in [5, 5.41) is 0. The fraction of sp³-hybridized carbons (Fsp3) is 0.429. The van der Waals surface area contributed by atoms with Gasteiger partial charge in [-0.2, -0.15) is 4.31 Å². The van der Waals surface area contributed by atoms with E-state index in [-0.39, 0.29) is 11.4 Å². The van der Waals surface area contributed by atoms with Gasteiger partial charge in [-0.3, -0.25) is 0 Å². The third kappa shape index (κ3) is 3.17. The van der Waals surface area contributed by atoms with Gasteiger partial charge >= 0.3 is 0 Å². The summed E-state index contributed by atoms with van der Waals surface area (Å²) in [4.78, 5) is 0.222. The maximum absolute atomic E-state index is 12.8. The highest BCUT2D eigenvalue weighted by molar-refractivity contribution is 9.10. The third-order valence-electron chi connectivity index (χ3n) is 3.41. The lowest BCUT2D eigenvalue weighted by molar-refractivity contribution is 0.430. The molecule has 1 aliphatic carbocycles. The molecule has 4 nitrogen and oxygen atoms in total. The molecule has 0 spiro atoms. The van der Waals surface area contributed by atoms with E-state index in [1.165, 1.54) is 4.31 Å². The van der Waals surface area contributed by atoms with Gasteiger partial charge in [-0.25, -0.2) is 8.42 Å². The number of terminal acetylenes is 1. The minimum absolute atomic E-state index is 0.0880. The number of rotatable bonds is 5. The molecule has 2 N–H and O–H groups in total. The molecule has 6 heteroatoms. The molecular weight excluding hydrogens is 340 g/mol. The largest absolute Gasteiger partial charge is 0.398 e. The summed E-state index contributed by atoms with van der Waals surface area (Å²) in [7, 11) is -3.61. The summed E-state index contributed by atoms with van der Waals surface area (Å²) < 4.78 is 27.5. The molecule has 1 aromatic rings. The molecule has 0 atom stereocenters. The standard InChI is InChI=1S/C14H17BrN2O2S/c1-3-6-17(9-11-4-5-11)20(18,19)14-8-12(15)7-13(16)10(14)2/h1,7-8,11H,4-6,9,16H2,2H3. The number of hydrogen-bond donors (Lipinski definition) is 1. The number of nitrogen functional groups attached to an aromatic ring is 1. The monoisotopic (exact) mass is 356 g/mol. The summed E-state index contributed by atoms with van der Waals surface area (Å²) in [6.45, 7) is 2.28. The Morgan fingerprint density at radius 2 is 2.15 bits per heavy atom. The Balaban J connectivity index is 2.44. The highest BCUT2D eigenvalue weighted by atomic mass is 79.9. The summed E-state index contributed by atoms with van der Waals surface area (Å²) in [5.74, 6) is 2.86. The molecule has 0 saturated heterocycles. The van der Waals surface area contributed by atoms with Crippen molar-refractivity contribution in [1.82, 2.24) is 4.31 Å². The van der Waals surface area contributed by atoms with Crippen molar-refractivity contribution in [3.63, 3.8) is 0 Å². The third-order valence-corrected chi connectivity index (χ3v) is 5.80. The van der Waals surface area contributed by atoms with Crippen molar-refractivity contribution in [2.24, 2.45) is 5.92 Å². The highest BCUT2D eigenvalue weighted by Crippen LogP contribution is 2.33. The zero-order valence-corrected chi connectivity index (χ0v) is 13.7. The molecule has 20 heavy (non-hydrogen) atoms. The summed E-state index contributed by atoms with van der Waals surface area (Å²) in [6, 6.07) is 3.28. The van der Waals surface area contributed by atoms with Crippen molar-refractivity contribution in [2.75, 3.05) is 18.8 Å². The van der Waals surface area contributed by atoms with Gasteiger partial charge < -0.3 is 5.73 Å². The molecule has 0 bridgehead atoms. The Morgan fingerprint density at radius 1 is 1.50 bits per heavy atom. The number of halogens is 1. The van der Waals surface area contributed by atoms with Crippen LogP contribution in [0.1, 0.15) is 18.4 Å². The smallest absolute Gasteiger partial charge is 0.244 e.